The number of rotatable bonds is 10. The number of anilines is 1. The summed E-state index contributed by atoms with van der Waals surface area (Å²) in [7, 11) is -21.0. The number of ether oxygens (including phenoxy) is 1. The fourth-order valence-corrected chi connectivity index (χ4v) is 6.54. The third-order valence-electron chi connectivity index (χ3n) is 4.13. The van der Waals surface area contributed by atoms with E-state index in [1.807, 2.05) is 0 Å². The molecule has 3 heterocycles. The average molecular weight is 607 g/mol. The maximum Gasteiger partial charge on any atom is 0.620 e. The number of nitrogens with two attached hydrogens (primary N) is 1. The van der Waals surface area contributed by atoms with Crippen LogP contribution in [-0.2, 0) is 22.4 Å². The van der Waals surface area contributed by atoms with Crippen LogP contribution in [0.15, 0.2) is 11.1 Å². The van der Waals surface area contributed by atoms with Gasteiger partial charge in [0, 0.05) is 0 Å². The van der Waals surface area contributed by atoms with E-state index in [0.717, 1.165) is 10.9 Å². The van der Waals surface area contributed by atoms with Crippen LogP contribution in [0.4, 0.5) is 5.95 Å². The van der Waals surface area contributed by atoms with Crippen molar-refractivity contribution in [3.63, 3.8) is 0 Å². The molecule has 3 rings (SSSR count). The molecule has 14 N–H and O–H groups in total. The Hall–Kier alpha value is -0.770. The monoisotopic (exact) mass is 607 g/mol. The van der Waals surface area contributed by atoms with Crippen LogP contribution in [0.5, 0.6) is 0 Å². The summed E-state index contributed by atoms with van der Waals surface area (Å²) >= 11 is 0. The fraction of sp³-hybridized carbons (Fsp3) is 0.500. The van der Waals surface area contributed by atoms with Crippen LogP contribution in [0.1, 0.15) is 6.23 Å². The van der Waals surface area contributed by atoms with E-state index in [9.17, 15) is 29.5 Å². The number of fused-ring (bicyclic) bond motifs is 1. The van der Waals surface area contributed by atoms with Crippen LogP contribution < -0.4 is 11.3 Å². The van der Waals surface area contributed by atoms with Crippen LogP contribution in [0.2, 0.25) is 0 Å². The lowest BCUT2D eigenvalue weighted by Gasteiger charge is -2.19. The first kappa shape index (κ1) is 29.8. The number of H-pyrrole nitrogens is 1. The number of nitrogen functional groups attached to an aromatic ring is 1. The quantitative estimate of drug-likeness (QED) is 0.114. The average Bonchev–Trinajstić information content (AvgIpc) is 3.18. The topological polar surface area (TPSA) is 358 Å². The predicted octanol–water partition coefficient (Wildman–Crippen LogP) is -3.97. The number of aromatic nitrogens is 4. The number of nitrogens with one attached hydrogen (secondary N) is 1. The molecule has 0 spiro atoms. The minimum atomic E-state index is -5.33. The van der Waals surface area contributed by atoms with E-state index < -0.39 is 69.4 Å². The largest absolute Gasteiger partial charge is 0.620 e. The molecule has 1 aliphatic heterocycles. The number of aliphatic hydroxyl groups is 1. The fourth-order valence-electron chi connectivity index (χ4n) is 3.00. The van der Waals surface area contributed by atoms with Crippen LogP contribution in [0, 0.1) is 0 Å². The zero-order valence-corrected chi connectivity index (χ0v) is 20.7. The summed E-state index contributed by atoms with van der Waals surface area (Å²) in [5.41, 5.74) is 4.23. The van der Waals surface area contributed by atoms with E-state index in [2.05, 4.69) is 28.1 Å². The van der Waals surface area contributed by atoms with Gasteiger partial charge in [0.15, 0.2) is 23.5 Å². The first-order chi connectivity index (χ1) is 16.3. The second-order valence-corrected chi connectivity index (χ2v) is 12.7. The lowest BCUT2D eigenvalue weighted by molar-refractivity contribution is -0.0526. The Labute approximate surface area is 200 Å². The van der Waals surface area contributed by atoms with Crippen molar-refractivity contribution < 1.29 is 76.4 Å². The van der Waals surface area contributed by atoms with Gasteiger partial charge in [0.25, 0.3) is 5.56 Å². The summed E-state index contributed by atoms with van der Waals surface area (Å²) in [6, 6.07) is 0. The molecular formula is C10H21N5O17P4+4. The Kier molecular flexibility index (Phi) is 8.62. The summed E-state index contributed by atoms with van der Waals surface area (Å²) in [5.74, 6) is -0.358. The number of aromatic amines is 1. The van der Waals surface area contributed by atoms with E-state index >= 15 is 0 Å². The molecular weight excluding hydrogens is 586 g/mol. The van der Waals surface area contributed by atoms with Crippen molar-refractivity contribution in [3.05, 3.63) is 16.7 Å². The molecule has 0 amide bonds. The lowest BCUT2D eigenvalue weighted by Crippen LogP contribution is -2.37. The zero-order chi connectivity index (χ0) is 27.3. The highest BCUT2D eigenvalue weighted by Crippen LogP contribution is 2.69. The van der Waals surface area contributed by atoms with Gasteiger partial charge >= 0.3 is 32.7 Å². The standard InChI is InChI=1S/C10H20N5O17P4/c11-10-13-7-4(8(17)14-10)12-2-15(7)9-5(16)6(30-36(26,27)32-34(21,22)23)3(29-9)1-28-35(24,25)31-33(18,19)20/h2-3,5-6,9,16,18-27H,1H2,(H2-,11,13,14,17)/q+3/p+1. The normalized spacial score (nSPS) is 24.1. The predicted molar refractivity (Wildman–Crippen MR) is 115 cm³/mol. The molecule has 1 aliphatic rings. The molecule has 204 valence electrons. The zero-order valence-electron chi connectivity index (χ0n) is 17.2. The number of nitrogens with zero attached hydrogens (tertiary/aromatic N) is 3. The van der Waals surface area contributed by atoms with Gasteiger partial charge in [0.2, 0.25) is 5.95 Å². The maximum atomic E-state index is 12.0. The van der Waals surface area contributed by atoms with Gasteiger partial charge in [-0.3, -0.25) is 14.3 Å². The second-order valence-electron chi connectivity index (χ2n) is 6.87. The highest BCUT2D eigenvalue weighted by Gasteiger charge is 2.64. The Morgan fingerprint density at radius 1 is 1.03 bits per heavy atom. The molecule has 0 bridgehead atoms. The molecule has 22 nitrogen and oxygen atoms in total. The van der Waals surface area contributed by atoms with Crippen molar-refractivity contribution in [2.75, 3.05) is 12.3 Å². The van der Waals surface area contributed by atoms with Gasteiger partial charge in [-0.2, -0.15) is 53.9 Å². The second kappa shape index (κ2) is 10.4. The van der Waals surface area contributed by atoms with Crippen molar-refractivity contribution in [2.45, 2.75) is 24.5 Å². The van der Waals surface area contributed by atoms with Gasteiger partial charge < -0.3 is 15.6 Å². The molecule has 0 radical (unpaired) electrons. The number of imidazole rings is 1. The van der Waals surface area contributed by atoms with E-state index in [0.29, 0.717) is 0 Å². The molecule has 36 heavy (non-hydrogen) atoms. The maximum absolute atomic E-state index is 12.0. The van der Waals surface area contributed by atoms with Crippen molar-refractivity contribution in [1.29, 1.82) is 0 Å². The number of hydrogen-bond donors (Lipinski definition) is 13. The number of hydrogen-bond acceptors (Lipinski definition) is 20. The van der Waals surface area contributed by atoms with Crippen LogP contribution in [-0.4, -0.2) is 98.5 Å². The van der Waals surface area contributed by atoms with Gasteiger partial charge in [0.1, 0.15) is 18.8 Å². The number of aliphatic hydroxyl groups excluding tert-OH is 1. The first-order valence-electron chi connectivity index (χ1n) is 8.92. The molecule has 2 aromatic heterocycles. The molecule has 4 atom stereocenters. The van der Waals surface area contributed by atoms with Gasteiger partial charge in [-0.05, 0) is 0 Å². The molecule has 1 fully saturated rings. The minimum absolute atomic E-state index is 0.234. The molecule has 4 unspecified atom stereocenters. The molecule has 0 aromatic carbocycles. The minimum Gasteiger partial charge on any atom is -0.385 e. The van der Waals surface area contributed by atoms with E-state index in [-0.39, 0.29) is 17.1 Å². The lowest BCUT2D eigenvalue weighted by atomic mass is 10.1. The van der Waals surface area contributed by atoms with Gasteiger partial charge in [-0.15, -0.1) is 9.05 Å². The summed E-state index contributed by atoms with van der Waals surface area (Å²) in [6.45, 7) is -1.10. The Morgan fingerprint density at radius 3 is 2.19 bits per heavy atom. The molecule has 0 saturated carbocycles. The summed E-state index contributed by atoms with van der Waals surface area (Å²) in [6.07, 6.45) is -6.44. The van der Waals surface area contributed by atoms with Crippen molar-refractivity contribution in [1.82, 2.24) is 19.5 Å². The first-order valence-corrected chi connectivity index (χ1v) is 15.1. The SMILES string of the molecule is Nc1nc2c(ncn2C2OC(CO[P+](O)(O)O[P+](O)(O)O)C(O[P+](O)(O)O[P+](O)(O)O)C2O)c(=O)[nH]1. The van der Waals surface area contributed by atoms with E-state index in [4.69, 9.17) is 44.4 Å². The van der Waals surface area contributed by atoms with Gasteiger partial charge in [-0.25, -0.2) is 4.98 Å². The molecule has 1 saturated heterocycles. The van der Waals surface area contributed by atoms with Crippen molar-refractivity contribution >= 4 is 49.8 Å². The van der Waals surface area contributed by atoms with E-state index in [1.54, 1.807) is 0 Å². The van der Waals surface area contributed by atoms with Crippen molar-refractivity contribution in [2.24, 2.45) is 0 Å². The molecule has 26 heteroatoms. The molecule has 2 aromatic rings. The highest BCUT2D eigenvalue weighted by molar-refractivity contribution is 7.68. The van der Waals surface area contributed by atoms with Gasteiger partial charge in [0.05, 0.1) is 14.9 Å². The van der Waals surface area contributed by atoms with Crippen molar-refractivity contribution in [3.8, 4) is 0 Å². The van der Waals surface area contributed by atoms with Gasteiger partial charge in [-0.1, -0.05) is 0 Å². The third kappa shape index (κ3) is 7.64. The Balaban J connectivity index is 1.92. The Bertz CT molecular complexity index is 1130. The Morgan fingerprint density at radius 2 is 1.61 bits per heavy atom. The summed E-state index contributed by atoms with van der Waals surface area (Å²) < 4.78 is 23.5. The van der Waals surface area contributed by atoms with Crippen LogP contribution in [0.25, 0.3) is 11.2 Å². The van der Waals surface area contributed by atoms with Crippen LogP contribution >= 0.6 is 32.7 Å². The highest BCUT2D eigenvalue weighted by atomic mass is 31.3. The summed E-state index contributed by atoms with van der Waals surface area (Å²) in [4.78, 5) is 114. The molecule has 0 aliphatic carbocycles. The smallest absolute Gasteiger partial charge is 0.385 e. The van der Waals surface area contributed by atoms with E-state index in [1.165, 1.54) is 0 Å². The van der Waals surface area contributed by atoms with Crippen LogP contribution in [0.3, 0.4) is 0 Å². The third-order valence-corrected chi connectivity index (χ3v) is 8.59. The summed E-state index contributed by atoms with van der Waals surface area (Å²) in [5, 5.41) is 10.8.